The van der Waals surface area contributed by atoms with Crippen molar-refractivity contribution in [2.75, 3.05) is 0 Å². The summed E-state index contributed by atoms with van der Waals surface area (Å²) in [5.41, 5.74) is 2.91. The lowest BCUT2D eigenvalue weighted by molar-refractivity contribution is 0.963. The Morgan fingerprint density at radius 3 is 2.38 bits per heavy atom. The maximum atomic E-state index is 6.22. The fraction of sp³-hybridized carbons (Fsp3) is 0.0625. The van der Waals surface area contributed by atoms with Gasteiger partial charge in [0.1, 0.15) is 11.0 Å². The second kappa shape index (κ2) is 6.33. The standard InChI is InChI=1S/C16H11BrClN3/c17-14-15(12-4-2-1-3-5-12)20-13(21-16(14)18)10-11-6-8-19-9-7-11/h1-9H,10H2. The van der Waals surface area contributed by atoms with E-state index < -0.39 is 0 Å². The summed E-state index contributed by atoms with van der Waals surface area (Å²) in [6.45, 7) is 0. The summed E-state index contributed by atoms with van der Waals surface area (Å²) in [6.07, 6.45) is 4.14. The van der Waals surface area contributed by atoms with Gasteiger partial charge in [0.2, 0.25) is 0 Å². The van der Waals surface area contributed by atoms with Crippen molar-refractivity contribution in [3.63, 3.8) is 0 Å². The van der Waals surface area contributed by atoms with Gasteiger partial charge in [-0.3, -0.25) is 4.98 Å². The van der Waals surface area contributed by atoms with E-state index in [1.54, 1.807) is 12.4 Å². The Balaban J connectivity index is 2.02. The van der Waals surface area contributed by atoms with Crippen LogP contribution in [0, 0.1) is 0 Å². The molecule has 0 atom stereocenters. The summed E-state index contributed by atoms with van der Waals surface area (Å²) in [5, 5.41) is 0.424. The molecule has 0 aliphatic carbocycles. The number of halogens is 2. The SMILES string of the molecule is Clc1nc(Cc2ccncc2)nc(-c2ccccc2)c1Br. The van der Waals surface area contributed by atoms with Crippen LogP contribution in [0.5, 0.6) is 0 Å². The lowest BCUT2D eigenvalue weighted by Gasteiger charge is -2.08. The van der Waals surface area contributed by atoms with Crippen molar-refractivity contribution in [3.05, 3.63) is 75.9 Å². The van der Waals surface area contributed by atoms with E-state index in [1.165, 1.54) is 0 Å². The highest BCUT2D eigenvalue weighted by atomic mass is 79.9. The third-order valence-corrected chi connectivity index (χ3v) is 4.27. The molecule has 0 aliphatic heterocycles. The van der Waals surface area contributed by atoms with Crippen LogP contribution in [0.25, 0.3) is 11.3 Å². The maximum Gasteiger partial charge on any atom is 0.147 e. The van der Waals surface area contributed by atoms with Crippen molar-refractivity contribution in [2.45, 2.75) is 6.42 Å². The van der Waals surface area contributed by atoms with Gasteiger partial charge < -0.3 is 0 Å². The van der Waals surface area contributed by atoms with Gasteiger partial charge in [-0.05, 0) is 33.6 Å². The normalized spacial score (nSPS) is 10.6. The fourth-order valence-electron chi connectivity index (χ4n) is 2.01. The van der Waals surface area contributed by atoms with Gasteiger partial charge in [-0.15, -0.1) is 0 Å². The first-order valence-electron chi connectivity index (χ1n) is 6.40. The summed E-state index contributed by atoms with van der Waals surface area (Å²) in [6, 6.07) is 13.8. The molecule has 3 aromatic rings. The van der Waals surface area contributed by atoms with E-state index >= 15 is 0 Å². The fourth-order valence-corrected chi connectivity index (χ4v) is 2.61. The van der Waals surface area contributed by atoms with Gasteiger partial charge in [-0.25, -0.2) is 9.97 Å². The smallest absolute Gasteiger partial charge is 0.147 e. The van der Waals surface area contributed by atoms with Crippen molar-refractivity contribution in [2.24, 2.45) is 0 Å². The van der Waals surface area contributed by atoms with E-state index in [0.717, 1.165) is 16.8 Å². The molecule has 0 radical (unpaired) electrons. The Hall–Kier alpha value is -1.78. The molecule has 21 heavy (non-hydrogen) atoms. The largest absolute Gasteiger partial charge is 0.265 e. The van der Waals surface area contributed by atoms with Crippen LogP contribution in [0.15, 0.2) is 59.3 Å². The molecular weight excluding hydrogens is 350 g/mol. The van der Waals surface area contributed by atoms with Crippen molar-refractivity contribution < 1.29 is 0 Å². The number of hydrogen-bond donors (Lipinski definition) is 0. The van der Waals surface area contributed by atoms with Crippen LogP contribution in [0.1, 0.15) is 11.4 Å². The average molecular weight is 361 g/mol. The van der Waals surface area contributed by atoms with Gasteiger partial charge in [-0.2, -0.15) is 0 Å². The minimum absolute atomic E-state index is 0.424. The molecule has 0 amide bonds. The zero-order valence-corrected chi connectivity index (χ0v) is 13.3. The molecule has 3 nitrogen and oxygen atoms in total. The van der Waals surface area contributed by atoms with Crippen LogP contribution in [-0.4, -0.2) is 15.0 Å². The highest BCUT2D eigenvalue weighted by Gasteiger charge is 2.12. The number of pyridine rings is 1. The molecule has 2 heterocycles. The van der Waals surface area contributed by atoms with Crippen LogP contribution in [0.4, 0.5) is 0 Å². The third-order valence-electron chi connectivity index (χ3n) is 3.02. The van der Waals surface area contributed by atoms with Gasteiger partial charge in [0.15, 0.2) is 0 Å². The Morgan fingerprint density at radius 1 is 0.952 bits per heavy atom. The first-order chi connectivity index (χ1) is 10.2. The monoisotopic (exact) mass is 359 g/mol. The summed E-state index contributed by atoms with van der Waals surface area (Å²) in [7, 11) is 0. The third kappa shape index (κ3) is 3.28. The maximum absolute atomic E-state index is 6.22. The molecule has 0 aliphatic rings. The number of hydrogen-bond acceptors (Lipinski definition) is 3. The quantitative estimate of drug-likeness (QED) is 0.643. The van der Waals surface area contributed by atoms with E-state index in [-0.39, 0.29) is 0 Å². The number of rotatable bonds is 3. The highest BCUT2D eigenvalue weighted by molar-refractivity contribution is 9.10. The minimum Gasteiger partial charge on any atom is -0.265 e. The van der Waals surface area contributed by atoms with E-state index in [9.17, 15) is 0 Å². The molecule has 0 bridgehead atoms. The van der Waals surface area contributed by atoms with Crippen molar-refractivity contribution >= 4 is 27.5 Å². The molecule has 0 spiro atoms. The first kappa shape index (κ1) is 14.2. The van der Waals surface area contributed by atoms with Crippen molar-refractivity contribution in [3.8, 4) is 11.3 Å². The molecule has 0 saturated carbocycles. The van der Waals surface area contributed by atoms with Crippen LogP contribution < -0.4 is 0 Å². The molecular formula is C16H11BrClN3. The zero-order valence-electron chi connectivity index (χ0n) is 11.0. The molecule has 2 aromatic heterocycles. The molecule has 0 saturated heterocycles. The molecule has 1 aromatic carbocycles. The predicted molar refractivity (Wildman–Crippen MR) is 87.2 cm³/mol. The second-order valence-electron chi connectivity index (χ2n) is 4.49. The van der Waals surface area contributed by atoms with Crippen LogP contribution >= 0.6 is 27.5 Å². The highest BCUT2D eigenvalue weighted by Crippen LogP contribution is 2.31. The van der Waals surface area contributed by atoms with Crippen molar-refractivity contribution in [1.82, 2.24) is 15.0 Å². The Kier molecular flexibility index (Phi) is 4.27. The molecule has 0 N–H and O–H groups in total. The molecule has 3 rings (SSSR count). The summed E-state index contributed by atoms with van der Waals surface area (Å²) in [4.78, 5) is 13.0. The number of aromatic nitrogens is 3. The van der Waals surface area contributed by atoms with E-state index in [4.69, 9.17) is 11.6 Å². The van der Waals surface area contributed by atoms with E-state index in [2.05, 4.69) is 30.9 Å². The van der Waals surface area contributed by atoms with Gasteiger partial charge in [0.25, 0.3) is 0 Å². The topological polar surface area (TPSA) is 38.7 Å². The van der Waals surface area contributed by atoms with Gasteiger partial charge in [0.05, 0.1) is 10.2 Å². The average Bonchev–Trinajstić information content (AvgIpc) is 2.52. The van der Waals surface area contributed by atoms with Crippen LogP contribution in [0.3, 0.4) is 0 Å². The van der Waals surface area contributed by atoms with Crippen molar-refractivity contribution in [1.29, 1.82) is 0 Å². The van der Waals surface area contributed by atoms with E-state index in [0.29, 0.717) is 21.9 Å². The summed E-state index contributed by atoms with van der Waals surface area (Å²) >= 11 is 9.69. The molecule has 5 heteroatoms. The molecule has 0 unspecified atom stereocenters. The number of nitrogens with zero attached hydrogens (tertiary/aromatic N) is 3. The minimum atomic E-state index is 0.424. The lowest BCUT2D eigenvalue weighted by atomic mass is 10.1. The molecule has 0 fully saturated rings. The van der Waals surface area contributed by atoms with E-state index in [1.807, 2.05) is 42.5 Å². The summed E-state index contributed by atoms with van der Waals surface area (Å²) in [5.74, 6) is 0.688. The van der Waals surface area contributed by atoms with Crippen LogP contribution in [0.2, 0.25) is 5.15 Å². The van der Waals surface area contributed by atoms with Gasteiger partial charge >= 0.3 is 0 Å². The van der Waals surface area contributed by atoms with Gasteiger partial charge in [-0.1, -0.05) is 41.9 Å². The number of benzene rings is 1. The predicted octanol–water partition coefficient (Wildman–Crippen LogP) is 4.55. The Bertz CT molecular complexity index is 748. The Labute approximate surface area is 136 Å². The molecule has 104 valence electrons. The first-order valence-corrected chi connectivity index (χ1v) is 7.57. The van der Waals surface area contributed by atoms with Crippen LogP contribution in [-0.2, 0) is 6.42 Å². The second-order valence-corrected chi connectivity index (χ2v) is 5.64. The zero-order chi connectivity index (χ0) is 14.7. The van der Waals surface area contributed by atoms with Gasteiger partial charge in [0, 0.05) is 24.4 Å². The Morgan fingerprint density at radius 2 is 1.67 bits per heavy atom. The summed E-state index contributed by atoms with van der Waals surface area (Å²) < 4.78 is 0.717. The lowest BCUT2D eigenvalue weighted by Crippen LogP contribution is -2.00.